The number of carbonyl (C=O) groups is 3. The number of anilines is 1. The van der Waals surface area contributed by atoms with Crippen LogP contribution >= 0.6 is 11.6 Å². The number of amides is 1. The van der Waals surface area contributed by atoms with Gasteiger partial charge in [-0.05, 0) is 74.4 Å². The number of rotatable bonds is 9. The van der Waals surface area contributed by atoms with E-state index in [1.165, 1.54) is 36.4 Å². The number of aryl methyl sites for hydroxylation is 1. The summed E-state index contributed by atoms with van der Waals surface area (Å²) in [5, 5.41) is 2.86. The Balaban J connectivity index is 1.31. The summed E-state index contributed by atoms with van der Waals surface area (Å²) in [6, 6.07) is 6.22. The molecule has 1 amide bonds. The number of likely N-dealkylation sites (tertiary alicyclic amines) is 1. The number of hydrogen-bond donors (Lipinski definition) is 1. The average Bonchev–Trinajstić information content (AvgIpc) is 3.64. The number of halogens is 4. The lowest BCUT2D eigenvalue weighted by molar-refractivity contribution is -0.252. The zero-order chi connectivity index (χ0) is 30.9. The van der Waals surface area contributed by atoms with Crippen LogP contribution in [0.4, 0.5) is 18.9 Å². The van der Waals surface area contributed by atoms with Crippen LogP contribution in [0.1, 0.15) is 54.4 Å². The first-order valence-electron chi connectivity index (χ1n) is 14.3. The van der Waals surface area contributed by atoms with Crippen molar-refractivity contribution in [2.45, 2.75) is 57.0 Å². The third-order valence-electron chi connectivity index (χ3n) is 8.32. The van der Waals surface area contributed by atoms with Crippen molar-refractivity contribution in [1.82, 2.24) is 9.47 Å². The van der Waals surface area contributed by atoms with Crippen LogP contribution < -0.4 is 5.32 Å². The molecule has 1 aliphatic carbocycles. The molecular formula is C31H33ClF3N3O5. The van der Waals surface area contributed by atoms with E-state index in [2.05, 4.69) is 5.32 Å². The summed E-state index contributed by atoms with van der Waals surface area (Å²) in [5.41, 5.74) is 0.584. The standard InChI is InChI=1S/C31H33ClF3N3O5/c1-37-17-23(22-15-20(33)7-10-27(22)37)29(40)36-26-16-25(34)19(13-24(26)32)14-28(39)31(35,38-11-3-4-12-38)43-21-8-5-18(6-9-21)30(41)42-2/h7,10,13,15-18,21H,3-6,8-9,11-12,14H2,1-2H3,(H,36,40)/t18-,21-,31?. The summed E-state index contributed by atoms with van der Waals surface area (Å²) >= 11 is 6.38. The Hall–Kier alpha value is -3.41. The maximum Gasteiger partial charge on any atom is 0.330 e. The van der Waals surface area contributed by atoms with Gasteiger partial charge in [-0.2, -0.15) is 4.39 Å². The quantitative estimate of drug-likeness (QED) is 0.236. The Morgan fingerprint density at radius 3 is 2.44 bits per heavy atom. The second-order valence-electron chi connectivity index (χ2n) is 11.2. The lowest BCUT2D eigenvalue weighted by atomic mass is 9.87. The topological polar surface area (TPSA) is 89.9 Å². The van der Waals surface area contributed by atoms with Gasteiger partial charge in [0.05, 0.1) is 35.4 Å². The first-order valence-corrected chi connectivity index (χ1v) is 14.6. The Bertz CT molecular complexity index is 1550. The molecule has 1 unspecified atom stereocenters. The summed E-state index contributed by atoms with van der Waals surface area (Å²) in [5.74, 6) is -6.35. The number of ketones is 1. The fourth-order valence-electron chi connectivity index (χ4n) is 5.96. The molecule has 0 radical (unpaired) electrons. The minimum Gasteiger partial charge on any atom is -0.469 e. The van der Waals surface area contributed by atoms with Crippen molar-refractivity contribution >= 4 is 45.9 Å². The van der Waals surface area contributed by atoms with Crippen LogP contribution in [-0.2, 0) is 32.5 Å². The van der Waals surface area contributed by atoms with E-state index in [1.54, 1.807) is 17.7 Å². The molecule has 1 saturated heterocycles. The van der Waals surface area contributed by atoms with Crippen LogP contribution in [0.2, 0.25) is 5.02 Å². The maximum absolute atomic E-state index is 16.5. The van der Waals surface area contributed by atoms with Crippen LogP contribution in [0.3, 0.4) is 0 Å². The Labute approximate surface area is 252 Å². The molecule has 43 heavy (non-hydrogen) atoms. The fourth-order valence-corrected chi connectivity index (χ4v) is 6.19. The van der Waals surface area contributed by atoms with Crippen molar-refractivity contribution in [2.24, 2.45) is 13.0 Å². The van der Waals surface area contributed by atoms with Gasteiger partial charge in [0.1, 0.15) is 11.6 Å². The number of esters is 1. The zero-order valence-corrected chi connectivity index (χ0v) is 24.7. The summed E-state index contributed by atoms with van der Waals surface area (Å²) in [6.45, 7) is 0.623. The molecule has 0 spiro atoms. The minimum atomic E-state index is -2.77. The van der Waals surface area contributed by atoms with Crippen molar-refractivity contribution in [3.8, 4) is 0 Å². The second kappa shape index (κ2) is 12.7. The summed E-state index contributed by atoms with van der Waals surface area (Å²) in [7, 11) is 3.03. The van der Waals surface area contributed by atoms with Crippen molar-refractivity contribution in [3.63, 3.8) is 0 Å². The molecule has 12 heteroatoms. The van der Waals surface area contributed by atoms with E-state index in [0.717, 1.165) is 6.07 Å². The molecule has 2 heterocycles. The van der Waals surface area contributed by atoms with Gasteiger partial charge in [-0.3, -0.25) is 14.4 Å². The van der Waals surface area contributed by atoms with Crippen LogP contribution in [0, 0.1) is 17.6 Å². The normalized spacial score (nSPS) is 20.6. The van der Waals surface area contributed by atoms with Gasteiger partial charge in [0.25, 0.3) is 5.91 Å². The predicted molar refractivity (Wildman–Crippen MR) is 154 cm³/mol. The SMILES string of the molecule is COC(=O)[C@H]1CC[C@H](OC(F)(C(=O)Cc2cc(Cl)c(NC(=O)c3cn(C)c4ccc(F)cc34)cc2F)N2CCCC2)CC1. The van der Waals surface area contributed by atoms with Crippen molar-refractivity contribution in [2.75, 3.05) is 25.5 Å². The number of hydrogen-bond acceptors (Lipinski definition) is 6. The van der Waals surface area contributed by atoms with Crippen LogP contribution in [-0.4, -0.2) is 59.4 Å². The molecule has 1 aliphatic heterocycles. The summed E-state index contributed by atoms with van der Waals surface area (Å²) in [4.78, 5) is 39.7. The van der Waals surface area contributed by atoms with E-state index >= 15 is 8.78 Å². The van der Waals surface area contributed by atoms with Gasteiger partial charge in [0.15, 0.2) is 0 Å². The molecule has 2 aromatic carbocycles. The number of aromatic nitrogens is 1. The molecule has 2 fully saturated rings. The Morgan fingerprint density at radius 2 is 1.77 bits per heavy atom. The van der Waals surface area contributed by atoms with E-state index < -0.39 is 41.8 Å². The van der Waals surface area contributed by atoms with Crippen LogP contribution in [0.25, 0.3) is 10.9 Å². The summed E-state index contributed by atoms with van der Waals surface area (Å²) < 4.78 is 58.0. The smallest absolute Gasteiger partial charge is 0.330 e. The number of Topliss-reactive ketones (excluding diaryl/α,β-unsaturated/α-hetero) is 1. The Morgan fingerprint density at radius 1 is 1.07 bits per heavy atom. The molecule has 3 aromatic rings. The molecule has 1 aromatic heterocycles. The number of fused-ring (bicyclic) bond motifs is 1. The molecule has 1 atom stereocenters. The maximum atomic E-state index is 16.5. The molecule has 8 nitrogen and oxygen atoms in total. The highest BCUT2D eigenvalue weighted by Gasteiger charge is 2.49. The van der Waals surface area contributed by atoms with Crippen molar-refractivity contribution in [1.29, 1.82) is 0 Å². The van der Waals surface area contributed by atoms with E-state index in [0.29, 0.717) is 62.5 Å². The highest BCUT2D eigenvalue weighted by atomic mass is 35.5. The monoisotopic (exact) mass is 619 g/mol. The second-order valence-corrected chi connectivity index (χ2v) is 11.6. The first kappa shape index (κ1) is 31.0. The highest BCUT2D eigenvalue weighted by molar-refractivity contribution is 6.34. The minimum absolute atomic E-state index is 0.0570. The van der Waals surface area contributed by atoms with Gasteiger partial charge >= 0.3 is 11.9 Å². The zero-order valence-electron chi connectivity index (χ0n) is 23.9. The lowest BCUT2D eigenvalue weighted by Crippen LogP contribution is -2.54. The molecule has 1 N–H and O–H groups in total. The van der Waals surface area contributed by atoms with Crippen molar-refractivity contribution < 1.29 is 37.0 Å². The molecular weight excluding hydrogens is 587 g/mol. The van der Waals surface area contributed by atoms with Gasteiger partial charge in [-0.15, -0.1) is 0 Å². The Kier molecular flexibility index (Phi) is 9.15. The van der Waals surface area contributed by atoms with E-state index in [4.69, 9.17) is 21.1 Å². The third-order valence-corrected chi connectivity index (χ3v) is 8.63. The first-order chi connectivity index (χ1) is 20.5. The molecule has 2 aliphatic rings. The molecule has 0 bridgehead atoms. The van der Waals surface area contributed by atoms with Gasteiger partial charge < -0.3 is 19.4 Å². The van der Waals surface area contributed by atoms with Gasteiger partial charge in [-0.1, -0.05) is 11.6 Å². The van der Waals surface area contributed by atoms with Crippen molar-refractivity contribution in [3.05, 3.63) is 64.3 Å². The summed E-state index contributed by atoms with van der Waals surface area (Å²) in [6.07, 6.45) is 3.34. The van der Waals surface area contributed by atoms with Gasteiger partial charge in [0.2, 0.25) is 5.78 Å². The number of alkyl halides is 1. The molecule has 230 valence electrons. The van der Waals surface area contributed by atoms with Gasteiger partial charge in [0, 0.05) is 43.7 Å². The average molecular weight is 620 g/mol. The molecule has 1 saturated carbocycles. The number of methoxy groups -OCH3 is 1. The largest absolute Gasteiger partial charge is 0.469 e. The highest BCUT2D eigenvalue weighted by Crippen LogP contribution is 2.35. The van der Waals surface area contributed by atoms with E-state index in [1.807, 2.05) is 0 Å². The molecule has 5 rings (SSSR count). The predicted octanol–water partition coefficient (Wildman–Crippen LogP) is 5.94. The number of ether oxygens (including phenoxy) is 2. The van der Waals surface area contributed by atoms with E-state index in [-0.39, 0.29) is 33.7 Å². The van der Waals surface area contributed by atoms with Crippen LogP contribution in [0.15, 0.2) is 36.5 Å². The van der Waals surface area contributed by atoms with E-state index in [9.17, 15) is 18.8 Å². The number of carbonyl (C=O) groups excluding carboxylic acids is 3. The lowest BCUT2D eigenvalue weighted by Gasteiger charge is -2.37. The van der Waals surface area contributed by atoms with Gasteiger partial charge in [-0.25, -0.2) is 13.7 Å². The number of benzene rings is 2. The number of nitrogens with one attached hydrogen (secondary N) is 1. The van der Waals surface area contributed by atoms with Crippen LogP contribution in [0.5, 0.6) is 0 Å². The fraction of sp³-hybridized carbons (Fsp3) is 0.452. The number of nitrogens with zero attached hydrogens (tertiary/aromatic N) is 2. The third kappa shape index (κ3) is 6.44.